The van der Waals surface area contributed by atoms with Crippen LogP contribution in [0, 0.1) is 0 Å². The largest absolute Gasteiger partial charge is 0.334 e. The molecule has 1 N–H and O–H groups in total. The Morgan fingerprint density at radius 3 is 2.59 bits per heavy atom. The van der Waals surface area contributed by atoms with Crippen molar-refractivity contribution in [1.29, 1.82) is 0 Å². The van der Waals surface area contributed by atoms with E-state index in [0.29, 0.717) is 6.54 Å². The van der Waals surface area contributed by atoms with E-state index in [1.807, 2.05) is 40.0 Å². The zero-order valence-corrected chi connectivity index (χ0v) is 15.4. The summed E-state index contributed by atoms with van der Waals surface area (Å²) in [6, 6.07) is 16.5. The number of urea groups is 1. The molecule has 1 aromatic heterocycles. The van der Waals surface area contributed by atoms with Crippen LogP contribution in [0.1, 0.15) is 5.56 Å². The van der Waals surface area contributed by atoms with Crippen LogP contribution in [0.2, 0.25) is 0 Å². The van der Waals surface area contributed by atoms with Crippen molar-refractivity contribution in [1.82, 2.24) is 24.9 Å². The van der Waals surface area contributed by atoms with Gasteiger partial charge in [0.05, 0.1) is 6.54 Å². The Hall–Kier alpha value is -2.86. The van der Waals surface area contributed by atoms with Crippen molar-refractivity contribution >= 4 is 16.8 Å². The van der Waals surface area contributed by atoms with E-state index < -0.39 is 0 Å². The number of carbonyl (C=O) groups excluding carboxylic acids is 1. The van der Waals surface area contributed by atoms with Crippen LogP contribution >= 0.6 is 0 Å². The second kappa shape index (κ2) is 8.22. The number of hydrogen-bond acceptors (Lipinski definition) is 3. The monoisotopic (exact) mass is 363 g/mol. The molecular formula is C21H25N5O. The van der Waals surface area contributed by atoms with Gasteiger partial charge < -0.3 is 10.2 Å². The third-order valence-electron chi connectivity index (χ3n) is 5.17. The van der Waals surface area contributed by atoms with Crippen LogP contribution in [0.3, 0.4) is 0 Å². The third kappa shape index (κ3) is 4.28. The highest BCUT2D eigenvalue weighted by Gasteiger charge is 2.20. The van der Waals surface area contributed by atoms with Crippen LogP contribution in [0.25, 0.3) is 10.8 Å². The molecule has 4 rings (SSSR count). The van der Waals surface area contributed by atoms with Crippen LogP contribution < -0.4 is 5.32 Å². The summed E-state index contributed by atoms with van der Waals surface area (Å²) >= 11 is 0. The lowest BCUT2D eigenvalue weighted by Crippen LogP contribution is -2.52. The standard InChI is InChI=1S/C21H25N5O/c27-21(22-17-19-7-3-6-18-5-1-2-8-20(18)19)25-14-11-24(12-15-25)13-16-26-10-4-9-23-26/h1-10H,11-17H2,(H,22,27). The molecule has 1 fully saturated rings. The molecule has 0 atom stereocenters. The van der Waals surface area contributed by atoms with Crippen molar-refractivity contribution in [2.45, 2.75) is 13.1 Å². The second-order valence-electron chi connectivity index (χ2n) is 6.89. The van der Waals surface area contributed by atoms with E-state index in [9.17, 15) is 4.79 Å². The number of benzene rings is 2. The normalized spacial score (nSPS) is 15.2. The topological polar surface area (TPSA) is 53.4 Å². The molecule has 0 radical (unpaired) electrons. The molecule has 0 aliphatic carbocycles. The quantitative estimate of drug-likeness (QED) is 0.758. The Bertz CT molecular complexity index is 879. The van der Waals surface area contributed by atoms with Crippen molar-refractivity contribution in [3.05, 3.63) is 66.5 Å². The summed E-state index contributed by atoms with van der Waals surface area (Å²) in [7, 11) is 0. The van der Waals surface area contributed by atoms with Crippen LogP contribution in [-0.4, -0.2) is 58.3 Å². The lowest BCUT2D eigenvalue weighted by atomic mass is 10.0. The summed E-state index contributed by atoms with van der Waals surface area (Å²) in [5.41, 5.74) is 1.15. The fourth-order valence-electron chi connectivity index (χ4n) is 3.58. The molecule has 3 aromatic rings. The maximum atomic E-state index is 12.5. The number of fused-ring (bicyclic) bond motifs is 1. The van der Waals surface area contributed by atoms with Crippen LogP contribution in [0.4, 0.5) is 4.79 Å². The van der Waals surface area contributed by atoms with Gasteiger partial charge in [0.1, 0.15) is 0 Å². The highest BCUT2D eigenvalue weighted by Crippen LogP contribution is 2.18. The Morgan fingerprint density at radius 2 is 1.78 bits per heavy atom. The Kier molecular flexibility index (Phi) is 5.34. The Morgan fingerprint density at radius 1 is 0.963 bits per heavy atom. The number of amides is 2. The van der Waals surface area contributed by atoms with Gasteiger partial charge in [-0.15, -0.1) is 0 Å². The van der Waals surface area contributed by atoms with Crippen LogP contribution in [0.5, 0.6) is 0 Å². The molecule has 0 spiro atoms. The average Bonchev–Trinajstić information content (AvgIpc) is 3.24. The van der Waals surface area contributed by atoms with Gasteiger partial charge in [-0.2, -0.15) is 5.10 Å². The lowest BCUT2D eigenvalue weighted by molar-refractivity contribution is 0.135. The van der Waals surface area contributed by atoms with Gasteiger partial charge in [-0.25, -0.2) is 4.79 Å². The van der Waals surface area contributed by atoms with E-state index in [1.54, 1.807) is 6.20 Å². The fourth-order valence-corrected chi connectivity index (χ4v) is 3.58. The zero-order valence-electron chi connectivity index (χ0n) is 15.4. The van der Waals surface area contributed by atoms with Gasteiger partial charge in [0.25, 0.3) is 0 Å². The van der Waals surface area contributed by atoms with Crippen molar-refractivity contribution < 1.29 is 4.79 Å². The first-order valence-electron chi connectivity index (χ1n) is 9.49. The average molecular weight is 363 g/mol. The summed E-state index contributed by atoms with van der Waals surface area (Å²) in [5, 5.41) is 9.72. The van der Waals surface area contributed by atoms with E-state index in [4.69, 9.17) is 0 Å². The summed E-state index contributed by atoms with van der Waals surface area (Å²) < 4.78 is 1.95. The van der Waals surface area contributed by atoms with Gasteiger partial charge in [0, 0.05) is 51.7 Å². The summed E-state index contributed by atoms with van der Waals surface area (Å²) in [4.78, 5) is 16.8. The molecule has 2 heterocycles. The predicted octanol–water partition coefficient (Wildman–Crippen LogP) is 2.56. The lowest BCUT2D eigenvalue weighted by Gasteiger charge is -2.34. The first-order chi connectivity index (χ1) is 13.3. The molecule has 6 nitrogen and oxygen atoms in total. The summed E-state index contributed by atoms with van der Waals surface area (Å²) in [5.74, 6) is 0. The van der Waals surface area contributed by atoms with Gasteiger partial charge in [0.15, 0.2) is 0 Å². The molecule has 0 bridgehead atoms. The first-order valence-corrected chi connectivity index (χ1v) is 9.49. The van der Waals surface area contributed by atoms with E-state index >= 15 is 0 Å². The van der Waals surface area contributed by atoms with E-state index in [-0.39, 0.29) is 6.03 Å². The third-order valence-corrected chi connectivity index (χ3v) is 5.17. The molecular weight excluding hydrogens is 338 g/mol. The Balaban J connectivity index is 1.26. The van der Waals surface area contributed by atoms with Gasteiger partial charge in [0.2, 0.25) is 0 Å². The smallest absolute Gasteiger partial charge is 0.317 e. The molecule has 2 aromatic carbocycles. The number of hydrogen-bond donors (Lipinski definition) is 1. The molecule has 27 heavy (non-hydrogen) atoms. The van der Waals surface area contributed by atoms with Crippen molar-refractivity contribution in [3.63, 3.8) is 0 Å². The SMILES string of the molecule is O=C(NCc1cccc2ccccc12)N1CCN(CCn2cccn2)CC1. The number of rotatable bonds is 5. The summed E-state index contributed by atoms with van der Waals surface area (Å²) in [6.07, 6.45) is 3.79. The minimum Gasteiger partial charge on any atom is -0.334 e. The molecule has 0 unspecified atom stereocenters. The minimum atomic E-state index is 0.0228. The van der Waals surface area contributed by atoms with E-state index in [1.165, 1.54) is 10.8 Å². The molecule has 0 saturated carbocycles. The molecule has 140 valence electrons. The molecule has 2 amide bonds. The number of nitrogens with one attached hydrogen (secondary N) is 1. The number of nitrogens with zero attached hydrogens (tertiary/aromatic N) is 4. The number of aromatic nitrogens is 2. The first kappa shape index (κ1) is 17.5. The van der Waals surface area contributed by atoms with Crippen molar-refractivity contribution in [3.8, 4) is 0 Å². The molecule has 1 aliphatic heterocycles. The van der Waals surface area contributed by atoms with Gasteiger partial charge in [-0.1, -0.05) is 42.5 Å². The maximum Gasteiger partial charge on any atom is 0.317 e. The molecule has 1 saturated heterocycles. The summed E-state index contributed by atoms with van der Waals surface area (Å²) in [6.45, 7) is 5.75. The van der Waals surface area contributed by atoms with Crippen molar-refractivity contribution in [2.75, 3.05) is 32.7 Å². The van der Waals surface area contributed by atoms with Gasteiger partial charge in [-0.05, 0) is 22.4 Å². The molecule has 6 heteroatoms. The highest BCUT2D eigenvalue weighted by molar-refractivity contribution is 5.86. The predicted molar refractivity (Wildman–Crippen MR) is 106 cm³/mol. The van der Waals surface area contributed by atoms with Crippen LogP contribution in [-0.2, 0) is 13.1 Å². The van der Waals surface area contributed by atoms with Crippen LogP contribution in [0.15, 0.2) is 60.9 Å². The fraction of sp³-hybridized carbons (Fsp3) is 0.333. The maximum absolute atomic E-state index is 12.5. The highest BCUT2D eigenvalue weighted by atomic mass is 16.2. The number of piperazine rings is 1. The van der Waals surface area contributed by atoms with Gasteiger partial charge >= 0.3 is 6.03 Å². The minimum absolute atomic E-state index is 0.0228. The number of carbonyl (C=O) groups is 1. The van der Waals surface area contributed by atoms with Gasteiger partial charge in [-0.3, -0.25) is 9.58 Å². The zero-order chi connectivity index (χ0) is 18.5. The van der Waals surface area contributed by atoms with E-state index in [2.05, 4.69) is 39.6 Å². The van der Waals surface area contributed by atoms with E-state index in [0.717, 1.165) is 44.8 Å². The Labute approximate surface area is 159 Å². The molecule has 1 aliphatic rings. The second-order valence-corrected chi connectivity index (χ2v) is 6.89. The van der Waals surface area contributed by atoms with Crippen molar-refractivity contribution in [2.24, 2.45) is 0 Å².